The van der Waals surface area contributed by atoms with Gasteiger partial charge in [0.1, 0.15) is 16.9 Å². The number of anilines is 1. The third-order valence-corrected chi connectivity index (χ3v) is 4.86. The van der Waals surface area contributed by atoms with Crippen LogP contribution in [-0.2, 0) is 4.74 Å². The van der Waals surface area contributed by atoms with Gasteiger partial charge in [0.2, 0.25) is 0 Å². The second kappa shape index (κ2) is 7.24. The number of nitrogens with zero attached hydrogens (tertiary/aromatic N) is 3. The number of rotatable bonds is 4. The van der Waals surface area contributed by atoms with Crippen molar-refractivity contribution in [1.29, 1.82) is 0 Å². The second-order valence-corrected chi connectivity index (χ2v) is 7.86. The predicted molar refractivity (Wildman–Crippen MR) is 114 cm³/mol. The number of halogens is 1. The molecule has 0 saturated carbocycles. The second-order valence-electron chi connectivity index (χ2n) is 6.95. The molecule has 2 N–H and O–H groups in total. The van der Waals surface area contributed by atoms with Crippen molar-refractivity contribution in [2.45, 2.75) is 13.8 Å². The summed E-state index contributed by atoms with van der Waals surface area (Å²) in [5.41, 5.74) is 9.85. The zero-order valence-corrected chi connectivity index (χ0v) is 17.1. The van der Waals surface area contributed by atoms with Crippen LogP contribution >= 0.6 is 15.9 Å². The maximum atomic E-state index is 12.8. The number of ether oxygens (including phenoxy) is 1. The molecule has 0 unspecified atom stereocenters. The number of carbonyl (C=O) groups excluding carboxylic acids is 1. The molecular weight excluding hydrogens is 420 g/mol. The van der Waals surface area contributed by atoms with Gasteiger partial charge in [0.05, 0.1) is 17.6 Å². The van der Waals surface area contributed by atoms with Crippen molar-refractivity contribution in [3.05, 3.63) is 58.6 Å². The number of nitrogens with two attached hydrogens (primary N) is 1. The number of aromatic nitrogens is 3. The first kappa shape index (κ1) is 18.4. The lowest BCUT2D eigenvalue weighted by atomic mass is 10.2. The monoisotopic (exact) mass is 438 g/mol. The van der Waals surface area contributed by atoms with Gasteiger partial charge in [0.25, 0.3) is 0 Å². The van der Waals surface area contributed by atoms with Crippen LogP contribution in [0.25, 0.3) is 27.9 Å². The van der Waals surface area contributed by atoms with Crippen LogP contribution in [0, 0.1) is 5.92 Å². The van der Waals surface area contributed by atoms with Gasteiger partial charge in [-0.2, -0.15) is 0 Å². The number of para-hydroxylation sites is 2. The molecule has 0 spiro atoms. The molecule has 0 saturated heterocycles. The van der Waals surface area contributed by atoms with Gasteiger partial charge in [-0.3, -0.25) is 4.57 Å². The lowest BCUT2D eigenvalue weighted by molar-refractivity contribution is 0.0462. The normalized spacial score (nSPS) is 11.4. The van der Waals surface area contributed by atoms with Crippen LogP contribution in [-0.4, -0.2) is 27.1 Å². The van der Waals surface area contributed by atoms with E-state index in [1.165, 1.54) is 0 Å². The number of hydrogen-bond acceptors (Lipinski definition) is 5. The Morgan fingerprint density at radius 2 is 1.75 bits per heavy atom. The van der Waals surface area contributed by atoms with E-state index in [-0.39, 0.29) is 17.3 Å². The van der Waals surface area contributed by atoms with E-state index in [4.69, 9.17) is 15.5 Å². The number of hydrogen-bond donors (Lipinski definition) is 1. The number of nitrogen functional groups attached to an aromatic ring is 1. The Morgan fingerprint density at radius 3 is 2.39 bits per heavy atom. The molecule has 0 aliphatic carbocycles. The number of carbonyl (C=O) groups is 1. The Hall–Kier alpha value is -2.93. The maximum Gasteiger partial charge on any atom is 0.344 e. The highest BCUT2D eigenvalue weighted by molar-refractivity contribution is 9.10. The van der Waals surface area contributed by atoms with Crippen molar-refractivity contribution in [1.82, 2.24) is 14.5 Å². The lowest BCUT2D eigenvalue weighted by Crippen LogP contribution is -2.12. The van der Waals surface area contributed by atoms with Gasteiger partial charge in [-0.1, -0.05) is 41.9 Å². The Bertz CT molecular complexity index is 1180. The molecule has 6 nitrogen and oxygen atoms in total. The first-order chi connectivity index (χ1) is 13.5. The summed E-state index contributed by atoms with van der Waals surface area (Å²) >= 11 is 3.44. The van der Waals surface area contributed by atoms with Gasteiger partial charge in [-0.25, -0.2) is 14.8 Å². The molecule has 2 aromatic heterocycles. The summed E-state index contributed by atoms with van der Waals surface area (Å²) in [6.45, 7) is 4.27. The summed E-state index contributed by atoms with van der Waals surface area (Å²) in [5, 5.41) is 0. The minimum Gasteiger partial charge on any atom is -0.462 e. The van der Waals surface area contributed by atoms with Gasteiger partial charge in [-0.15, -0.1) is 0 Å². The zero-order chi connectivity index (χ0) is 19.8. The summed E-state index contributed by atoms with van der Waals surface area (Å²) in [4.78, 5) is 22.2. The Morgan fingerprint density at radius 1 is 1.11 bits per heavy atom. The molecule has 0 aliphatic heterocycles. The highest BCUT2D eigenvalue weighted by atomic mass is 79.9. The molecular formula is C21H19BrN4O2. The quantitative estimate of drug-likeness (QED) is 0.465. The fourth-order valence-electron chi connectivity index (χ4n) is 3.03. The summed E-state index contributed by atoms with van der Waals surface area (Å²) in [7, 11) is 0. The van der Waals surface area contributed by atoms with Gasteiger partial charge < -0.3 is 10.5 Å². The smallest absolute Gasteiger partial charge is 0.344 e. The van der Waals surface area contributed by atoms with E-state index < -0.39 is 5.97 Å². The van der Waals surface area contributed by atoms with Crippen molar-refractivity contribution in [3.63, 3.8) is 0 Å². The molecule has 142 valence electrons. The maximum absolute atomic E-state index is 12.8. The van der Waals surface area contributed by atoms with Crippen molar-refractivity contribution in [2.75, 3.05) is 12.3 Å². The third kappa shape index (κ3) is 3.22. The van der Waals surface area contributed by atoms with Gasteiger partial charge in [0.15, 0.2) is 5.65 Å². The Kier molecular flexibility index (Phi) is 4.77. The first-order valence-corrected chi connectivity index (χ1v) is 9.74. The number of benzene rings is 2. The molecule has 0 amide bonds. The van der Waals surface area contributed by atoms with Crippen LogP contribution in [0.3, 0.4) is 0 Å². The molecule has 0 aliphatic rings. The van der Waals surface area contributed by atoms with E-state index in [0.29, 0.717) is 23.3 Å². The highest BCUT2D eigenvalue weighted by Crippen LogP contribution is 2.32. The van der Waals surface area contributed by atoms with Gasteiger partial charge in [-0.05, 0) is 42.3 Å². The van der Waals surface area contributed by atoms with Crippen LogP contribution in [0.5, 0.6) is 0 Å². The molecule has 0 fully saturated rings. The molecule has 2 heterocycles. The standard InChI is InChI=1S/C21H19BrN4O2/c1-12(2)11-28-21(27)17-18-20(25-16-6-4-3-5-15(16)24-18)26(19(17)23)14-9-7-13(22)8-10-14/h3-10,12H,11,23H2,1-2H3. The van der Waals surface area contributed by atoms with E-state index in [0.717, 1.165) is 15.7 Å². The van der Waals surface area contributed by atoms with Crippen LogP contribution in [0.1, 0.15) is 24.2 Å². The van der Waals surface area contributed by atoms with Crippen molar-refractivity contribution < 1.29 is 9.53 Å². The van der Waals surface area contributed by atoms with E-state index in [2.05, 4.69) is 20.9 Å². The van der Waals surface area contributed by atoms with Gasteiger partial charge in [0, 0.05) is 10.2 Å². The van der Waals surface area contributed by atoms with Crippen molar-refractivity contribution in [3.8, 4) is 5.69 Å². The summed E-state index contributed by atoms with van der Waals surface area (Å²) in [6, 6.07) is 15.1. The number of esters is 1. The summed E-state index contributed by atoms with van der Waals surface area (Å²) in [6.07, 6.45) is 0. The highest BCUT2D eigenvalue weighted by Gasteiger charge is 2.26. The molecule has 7 heteroatoms. The van der Waals surface area contributed by atoms with E-state index in [1.54, 1.807) is 4.57 Å². The fraction of sp³-hybridized carbons (Fsp3) is 0.190. The zero-order valence-electron chi connectivity index (χ0n) is 15.5. The number of fused-ring (bicyclic) bond motifs is 2. The minimum atomic E-state index is -0.489. The largest absolute Gasteiger partial charge is 0.462 e. The van der Waals surface area contributed by atoms with Crippen molar-refractivity contribution in [2.24, 2.45) is 5.92 Å². The van der Waals surface area contributed by atoms with Crippen molar-refractivity contribution >= 4 is 49.9 Å². The van der Waals surface area contributed by atoms with Crippen LogP contribution < -0.4 is 5.73 Å². The summed E-state index contributed by atoms with van der Waals surface area (Å²) < 4.78 is 8.14. The molecule has 4 rings (SSSR count). The molecule has 0 radical (unpaired) electrons. The minimum absolute atomic E-state index is 0.219. The van der Waals surface area contributed by atoms with E-state index >= 15 is 0 Å². The van der Waals surface area contributed by atoms with Crippen LogP contribution in [0.2, 0.25) is 0 Å². The van der Waals surface area contributed by atoms with E-state index in [1.807, 2.05) is 62.4 Å². The SMILES string of the molecule is CC(C)COC(=O)c1c(N)n(-c2ccc(Br)cc2)c2nc3ccccc3nc12. The molecule has 0 bridgehead atoms. The molecule has 2 aromatic carbocycles. The van der Waals surface area contributed by atoms with Crippen LogP contribution in [0.15, 0.2) is 53.0 Å². The van der Waals surface area contributed by atoms with E-state index in [9.17, 15) is 4.79 Å². The predicted octanol–water partition coefficient (Wildman–Crippen LogP) is 4.73. The van der Waals surface area contributed by atoms with Gasteiger partial charge >= 0.3 is 5.97 Å². The Balaban J connectivity index is 1.99. The first-order valence-electron chi connectivity index (χ1n) is 8.95. The fourth-order valence-corrected chi connectivity index (χ4v) is 3.29. The average molecular weight is 439 g/mol. The third-order valence-electron chi connectivity index (χ3n) is 4.33. The van der Waals surface area contributed by atoms with Crippen LogP contribution in [0.4, 0.5) is 5.82 Å². The molecule has 4 aromatic rings. The topological polar surface area (TPSA) is 83.0 Å². The average Bonchev–Trinajstić information content (AvgIpc) is 2.96. The molecule has 28 heavy (non-hydrogen) atoms. The Labute approximate surface area is 170 Å². The molecule has 0 atom stereocenters. The lowest BCUT2D eigenvalue weighted by Gasteiger charge is -2.09. The summed E-state index contributed by atoms with van der Waals surface area (Å²) in [5.74, 6) is -0.00469.